The van der Waals surface area contributed by atoms with Gasteiger partial charge in [0, 0.05) is 19.6 Å². The molecule has 0 amide bonds. The zero-order valence-corrected chi connectivity index (χ0v) is 6.50. The van der Waals surface area contributed by atoms with Crippen LogP contribution in [0.3, 0.4) is 0 Å². The van der Waals surface area contributed by atoms with Gasteiger partial charge in [-0.1, -0.05) is 12.2 Å². The van der Waals surface area contributed by atoms with E-state index in [1.165, 1.54) is 0 Å². The molecule has 0 bridgehead atoms. The molecular formula is C8H13FNO. The van der Waals surface area contributed by atoms with Gasteiger partial charge in [0.2, 0.25) is 0 Å². The van der Waals surface area contributed by atoms with Gasteiger partial charge >= 0.3 is 0 Å². The Hall–Kier alpha value is -0.410. The number of rotatable bonds is 3. The fourth-order valence-corrected chi connectivity index (χ4v) is 1.19. The highest BCUT2D eigenvalue weighted by molar-refractivity contribution is 4.91. The van der Waals surface area contributed by atoms with Crippen LogP contribution >= 0.6 is 0 Å². The molecule has 0 aromatic rings. The topological polar surface area (TPSA) is 23.1 Å². The van der Waals surface area contributed by atoms with Gasteiger partial charge in [0.05, 0.1) is 0 Å². The van der Waals surface area contributed by atoms with Crippen molar-refractivity contribution in [3.05, 3.63) is 12.2 Å². The van der Waals surface area contributed by atoms with E-state index in [-0.39, 0.29) is 0 Å². The average molecular weight is 158 g/mol. The first kappa shape index (κ1) is 8.68. The van der Waals surface area contributed by atoms with Crippen LogP contribution in [0.5, 0.6) is 0 Å². The Morgan fingerprint density at radius 3 is 2.91 bits per heavy atom. The van der Waals surface area contributed by atoms with Gasteiger partial charge in [-0.05, 0) is 6.42 Å². The zero-order chi connectivity index (χ0) is 8.10. The Bertz CT molecular complexity index is 138. The van der Waals surface area contributed by atoms with E-state index in [4.69, 9.17) is 0 Å². The first-order valence-electron chi connectivity index (χ1n) is 3.92. The summed E-state index contributed by atoms with van der Waals surface area (Å²) in [5.74, 6) is 0. The van der Waals surface area contributed by atoms with Crippen molar-refractivity contribution in [2.24, 2.45) is 0 Å². The number of nitrogens with zero attached hydrogens (tertiary/aromatic N) is 1. The standard InChI is InChI=1S/C8H13FNO/c9-8(7-11)6-10-4-2-1-3-5-10/h1-2,8H,3-7H2. The molecule has 1 aliphatic rings. The molecule has 1 heterocycles. The van der Waals surface area contributed by atoms with Crippen molar-refractivity contribution in [3.63, 3.8) is 0 Å². The van der Waals surface area contributed by atoms with Crippen molar-refractivity contribution in [1.29, 1.82) is 0 Å². The van der Waals surface area contributed by atoms with Crippen molar-refractivity contribution in [1.82, 2.24) is 4.90 Å². The summed E-state index contributed by atoms with van der Waals surface area (Å²) in [6, 6.07) is 0. The third-order valence-electron chi connectivity index (χ3n) is 1.78. The molecule has 11 heavy (non-hydrogen) atoms. The summed E-state index contributed by atoms with van der Waals surface area (Å²) in [6.07, 6.45) is 3.88. The van der Waals surface area contributed by atoms with Crippen LogP contribution in [0.25, 0.3) is 0 Å². The van der Waals surface area contributed by atoms with E-state index < -0.39 is 12.8 Å². The Balaban J connectivity index is 2.20. The van der Waals surface area contributed by atoms with Crippen LogP contribution in [0, 0.1) is 0 Å². The molecule has 1 radical (unpaired) electrons. The van der Waals surface area contributed by atoms with Crippen LogP contribution in [0.1, 0.15) is 6.42 Å². The molecule has 0 aromatic carbocycles. The number of hydrogen-bond acceptors (Lipinski definition) is 1. The van der Waals surface area contributed by atoms with E-state index in [1.54, 1.807) is 0 Å². The molecule has 2 nitrogen and oxygen atoms in total. The minimum absolute atomic E-state index is 0.299. The van der Waals surface area contributed by atoms with E-state index in [0.29, 0.717) is 6.54 Å². The lowest BCUT2D eigenvalue weighted by Gasteiger charge is -2.23. The van der Waals surface area contributed by atoms with Crippen LogP contribution in [0.4, 0.5) is 4.39 Å². The SMILES string of the molecule is [O]CC(F)CN1CC=CCC1. The third-order valence-corrected chi connectivity index (χ3v) is 1.78. The fourth-order valence-electron chi connectivity index (χ4n) is 1.19. The van der Waals surface area contributed by atoms with Gasteiger partial charge in [-0.3, -0.25) is 4.90 Å². The Labute approximate surface area is 66.3 Å². The van der Waals surface area contributed by atoms with Crippen LogP contribution < -0.4 is 0 Å². The van der Waals surface area contributed by atoms with Crippen molar-refractivity contribution in [2.45, 2.75) is 12.6 Å². The highest BCUT2D eigenvalue weighted by atomic mass is 19.1. The molecular weight excluding hydrogens is 145 g/mol. The summed E-state index contributed by atoms with van der Waals surface area (Å²) >= 11 is 0. The Kier molecular flexibility index (Phi) is 3.52. The summed E-state index contributed by atoms with van der Waals surface area (Å²) in [7, 11) is 0. The van der Waals surface area contributed by atoms with Gasteiger partial charge in [-0.2, -0.15) is 0 Å². The minimum Gasteiger partial charge on any atom is -0.296 e. The molecule has 1 unspecified atom stereocenters. The molecule has 0 N–H and O–H groups in total. The van der Waals surface area contributed by atoms with E-state index in [9.17, 15) is 9.50 Å². The van der Waals surface area contributed by atoms with E-state index in [2.05, 4.69) is 6.08 Å². The van der Waals surface area contributed by atoms with Gasteiger partial charge in [0.25, 0.3) is 0 Å². The van der Waals surface area contributed by atoms with Gasteiger partial charge in [-0.15, -0.1) is 0 Å². The number of alkyl halides is 1. The first-order chi connectivity index (χ1) is 5.33. The van der Waals surface area contributed by atoms with Crippen LogP contribution in [-0.2, 0) is 5.11 Å². The van der Waals surface area contributed by atoms with Crippen LogP contribution in [0.15, 0.2) is 12.2 Å². The lowest BCUT2D eigenvalue weighted by atomic mass is 10.2. The Morgan fingerprint density at radius 2 is 2.36 bits per heavy atom. The summed E-state index contributed by atoms with van der Waals surface area (Å²) < 4.78 is 12.5. The molecule has 3 heteroatoms. The highest BCUT2D eigenvalue weighted by Crippen LogP contribution is 2.03. The highest BCUT2D eigenvalue weighted by Gasteiger charge is 2.12. The summed E-state index contributed by atoms with van der Waals surface area (Å²) in [5, 5.41) is 10.1. The summed E-state index contributed by atoms with van der Waals surface area (Å²) in [4.78, 5) is 1.96. The second-order valence-electron chi connectivity index (χ2n) is 2.78. The van der Waals surface area contributed by atoms with Gasteiger partial charge in [-0.25, -0.2) is 9.50 Å². The molecule has 0 saturated heterocycles. The van der Waals surface area contributed by atoms with Crippen molar-refractivity contribution in [2.75, 3.05) is 26.2 Å². The number of halogens is 1. The average Bonchev–Trinajstić information content (AvgIpc) is 2.06. The maximum atomic E-state index is 12.5. The zero-order valence-electron chi connectivity index (χ0n) is 6.50. The quantitative estimate of drug-likeness (QED) is 0.562. The van der Waals surface area contributed by atoms with E-state index >= 15 is 0 Å². The fraction of sp³-hybridized carbons (Fsp3) is 0.750. The third kappa shape index (κ3) is 2.99. The predicted molar refractivity (Wildman–Crippen MR) is 40.6 cm³/mol. The lowest BCUT2D eigenvalue weighted by Crippen LogP contribution is -2.34. The molecule has 1 aliphatic heterocycles. The summed E-state index contributed by atoms with van der Waals surface area (Å²) in [6.45, 7) is 1.37. The van der Waals surface area contributed by atoms with Gasteiger partial charge in [0.15, 0.2) is 0 Å². The molecule has 1 rings (SSSR count). The predicted octanol–water partition coefficient (Wildman–Crippen LogP) is 1.02. The largest absolute Gasteiger partial charge is 0.296 e. The maximum Gasteiger partial charge on any atom is 0.139 e. The molecule has 0 spiro atoms. The van der Waals surface area contributed by atoms with Crippen LogP contribution in [0.2, 0.25) is 0 Å². The molecule has 0 aliphatic carbocycles. The molecule has 1 atom stereocenters. The van der Waals surface area contributed by atoms with Gasteiger partial charge in [0.1, 0.15) is 12.8 Å². The van der Waals surface area contributed by atoms with Crippen molar-refractivity contribution in [3.8, 4) is 0 Å². The lowest BCUT2D eigenvalue weighted by molar-refractivity contribution is 0.0872. The van der Waals surface area contributed by atoms with E-state index in [0.717, 1.165) is 19.5 Å². The van der Waals surface area contributed by atoms with Crippen LogP contribution in [-0.4, -0.2) is 37.3 Å². The van der Waals surface area contributed by atoms with E-state index in [1.807, 2.05) is 11.0 Å². The summed E-state index contributed by atoms with van der Waals surface area (Å²) in [5.41, 5.74) is 0. The normalized spacial score (nSPS) is 22.0. The van der Waals surface area contributed by atoms with Gasteiger partial charge < -0.3 is 0 Å². The molecule has 0 fully saturated rings. The molecule has 63 valence electrons. The maximum absolute atomic E-state index is 12.5. The number of hydrogen-bond donors (Lipinski definition) is 0. The molecule has 0 saturated carbocycles. The minimum atomic E-state index is -1.19. The smallest absolute Gasteiger partial charge is 0.139 e. The Morgan fingerprint density at radius 1 is 1.55 bits per heavy atom. The second kappa shape index (κ2) is 4.46. The first-order valence-corrected chi connectivity index (χ1v) is 3.92. The monoisotopic (exact) mass is 158 g/mol. The van der Waals surface area contributed by atoms with Crippen molar-refractivity contribution < 1.29 is 9.50 Å². The molecule has 0 aromatic heterocycles. The van der Waals surface area contributed by atoms with Crippen molar-refractivity contribution >= 4 is 0 Å². The second-order valence-corrected chi connectivity index (χ2v) is 2.78.